The summed E-state index contributed by atoms with van der Waals surface area (Å²) in [6, 6.07) is 13.4. The van der Waals surface area contributed by atoms with E-state index in [9.17, 15) is 5.11 Å². The van der Waals surface area contributed by atoms with Gasteiger partial charge in [-0.1, -0.05) is 36.4 Å². The standard InChI is InChI=1S/C25H27ClN4O2/c1-16(22-10-5-15-32-22)27-17-11-13-30(14-12-17)25-18-6-2-3-8-20(18)28-24(29-25)23-19(26)7-4-9-21(23)31/h2-4,6-9,17,22,27,31H,1,5,10-15H2/t22-/m1/s1. The first-order valence-corrected chi connectivity index (χ1v) is 11.5. The molecule has 0 unspecified atom stereocenters. The molecule has 32 heavy (non-hydrogen) atoms. The molecule has 1 atom stereocenters. The topological polar surface area (TPSA) is 70.5 Å². The monoisotopic (exact) mass is 450 g/mol. The van der Waals surface area contributed by atoms with E-state index in [0.29, 0.717) is 22.5 Å². The molecule has 2 aromatic carbocycles. The molecule has 0 bridgehead atoms. The van der Waals surface area contributed by atoms with Gasteiger partial charge in [-0.2, -0.15) is 0 Å². The second kappa shape index (κ2) is 8.96. The lowest BCUT2D eigenvalue weighted by Gasteiger charge is -2.35. The van der Waals surface area contributed by atoms with Gasteiger partial charge in [0.2, 0.25) is 0 Å². The third kappa shape index (κ3) is 4.12. The van der Waals surface area contributed by atoms with Crippen LogP contribution in [0.2, 0.25) is 5.02 Å². The maximum absolute atomic E-state index is 10.4. The lowest BCUT2D eigenvalue weighted by molar-refractivity contribution is 0.129. The zero-order valence-corrected chi connectivity index (χ0v) is 18.7. The molecule has 2 aliphatic rings. The summed E-state index contributed by atoms with van der Waals surface area (Å²) in [4.78, 5) is 11.9. The Morgan fingerprint density at radius 3 is 2.66 bits per heavy atom. The zero-order valence-electron chi connectivity index (χ0n) is 17.9. The van der Waals surface area contributed by atoms with E-state index in [4.69, 9.17) is 26.3 Å². The number of phenols is 1. The molecular weight excluding hydrogens is 424 g/mol. The number of hydrogen-bond acceptors (Lipinski definition) is 6. The van der Waals surface area contributed by atoms with Crippen molar-refractivity contribution in [2.75, 3.05) is 24.6 Å². The van der Waals surface area contributed by atoms with Crippen molar-refractivity contribution >= 4 is 28.3 Å². The predicted octanol–water partition coefficient (Wildman–Crippen LogP) is 4.91. The number of fused-ring (bicyclic) bond motifs is 1. The maximum Gasteiger partial charge on any atom is 0.167 e. The third-order valence-corrected chi connectivity index (χ3v) is 6.62. The van der Waals surface area contributed by atoms with Crippen LogP contribution in [0.25, 0.3) is 22.3 Å². The number of hydrogen-bond donors (Lipinski definition) is 2. The Morgan fingerprint density at radius 1 is 1.09 bits per heavy atom. The molecular formula is C25H27ClN4O2. The van der Waals surface area contributed by atoms with Crippen LogP contribution < -0.4 is 10.2 Å². The molecule has 2 saturated heterocycles. The molecule has 2 aliphatic heterocycles. The number of rotatable bonds is 5. The molecule has 1 aromatic heterocycles. The SMILES string of the molecule is C=C(NC1CCN(c2nc(-c3c(O)cccc3Cl)nc3ccccc23)CC1)[C@H]1CCCO1. The smallest absolute Gasteiger partial charge is 0.167 e. The van der Waals surface area contributed by atoms with E-state index >= 15 is 0 Å². The van der Waals surface area contributed by atoms with E-state index in [-0.39, 0.29) is 11.9 Å². The van der Waals surface area contributed by atoms with Crippen LogP contribution in [0.3, 0.4) is 0 Å². The second-order valence-corrected chi connectivity index (χ2v) is 8.86. The Morgan fingerprint density at radius 2 is 1.91 bits per heavy atom. The van der Waals surface area contributed by atoms with E-state index in [1.807, 2.05) is 24.3 Å². The Hall–Kier alpha value is -2.83. The van der Waals surface area contributed by atoms with Gasteiger partial charge in [-0.15, -0.1) is 0 Å². The van der Waals surface area contributed by atoms with E-state index in [2.05, 4.69) is 16.8 Å². The minimum Gasteiger partial charge on any atom is -0.507 e. The van der Waals surface area contributed by atoms with Crippen LogP contribution in [0.5, 0.6) is 5.75 Å². The van der Waals surface area contributed by atoms with Crippen LogP contribution in [-0.4, -0.2) is 46.9 Å². The molecule has 0 saturated carbocycles. The summed E-state index contributed by atoms with van der Waals surface area (Å²) in [6.45, 7) is 6.76. The lowest BCUT2D eigenvalue weighted by Crippen LogP contribution is -2.43. The van der Waals surface area contributed by atoms with Crippen molar-refractivity contribution in [3.05, 3.63) is 59.8 Å². The molecule has 2 N–H and O–H groups in total. The highest BCUT2D eigenvalue weighted by atomic mass is 35.5. The summed E-state index contributed by atoms with van der Waals surface area (Å²) >= 11 is 6.39. The fourth-order valence-electron chi connectivity index (χ4n) is 4.59. The highest BCUT2D eigenvalue weighted by Crippen LogP contribution is 2.36. The summed E-state index contributed by atoms with van der Waals surface area (Å²) in [5, 5.41) is 15.4. The molecule has 0 amide bonds. The number of nitrogens with one attached hydrogen (secondary N) is 1. The summed E-state index contributed by atoms with van der Waals surface area (Å²) in [5.74, 6) is 1.39. The maximum atomic E-state index is 10.4. The summed E-state index contributed by atoms with van der Waals surface area (Å²) in [7, 11) is 0. The second-order valence-electron chi connectivity index (χ2n) is 8.45. The van der Waals surface area contributed by atoms with Crippen LogP contribution in [0.4, 0.5) is 5.82 Å². The first kappa shape index (κ1) is 21.0. The van der Waals surface area contributed by atoms with Gasteiger partial charge in [0.05, 0.1) is 22.2 Å². The number of piperidine rings is 1. The molecule has 7 heteroatoms. The van der Waals surface area contributed by atoms with Crippen LogP contribution in [0.15, 0.2) is 54.7 Å². The molecule has 0 spiro atoms. The summed E-state index contributed by atoms with van der Waals surface area (Å²) in [5.41, 5.74) is 2.30. The minimum atomic E-state index is 0.0780. The van der Waals surface area contributed by atoms with Crippen LogP contribution in [0, 0.1) is 0 Å². The molecule has 0 radical (unpaired) electrons. The van der Waals surface area contributed by atoms with E-state index < -0.39 is 0 Å². The first-order chi connectivity index (χ1) is 15.6. The third-order valence-electron chi connectivity index (χ3n) is 6.30. The van der Waals surface area contributed by atoms with Crippen molar-refractivity contribution in [3.8, 4) is 17.1 Å². The Kier molecular flexibility index (Phi) is 5.89. The van der Waals surface area contributed by atoms with Crippen LogP contribution >= 0.6 is 11.6 Å². The van der Waals surface area contributed by atoms with Crippen molar-refractivity contribution in [3.63, 3.8) is 0 Å². The average Bonchev–Trinajstić information content (AvgIpc) is 3.34. The van der Waals surface area contributed by atoms with Crippen molar-refractivity contribution in [1.29, 1.82) is 0 Å². The molecule has 2 fully saturated rings. The molecule has 5 rings (SSSR count). The number of aromatic nitrogens is 2. The highest BCUT2D eigenvalue weighted by Gasteiger charge is 2.26. The average molecular weight is 451 g/mol. The minimum absolute atomic E-state index is 0.0780. The number of nitrogens with zero attached hydrogens (tertiary/aromatic N) is 3. The largest absolute Gasteiger partial charge is 0.507 e. The molecule has 3 heterocycles. The first-order valence-electron chi connectivity index (χ1n) is 11.2. The van der Waals surface area contributed by atoms with Gasteiger partial charge in [0.25, 0.3) is 0 Å². The number of halogens is 1. The van der Waals surface area contributed by atoms with E-state index in [0.717, 1.165) is 67.8 Å². The van der Waals surface area contributed by atoms with Crippen LogP contribution in [0.1, 0.15) is 25.7 Å². The van der Waals surface area contributed by atoms with Gasteiger partial charge in [-0.25, -0.2) is 9.97 Å². The van der Waals surface area contributed by atoms with Gasteiger partial charge < -0.3 is 20.1 Å². The molecule has 3 aromatic rings. The van der Waals surface area contributed by atoms with Crippen molar-refractivity contribution in [2.45, 2.75) is 37.8 Å². The highest BCUT2D eigenvalue weighted by molar-refractivity contribution is 6.33. The number of anilines is 1. The number of phenolic OH excluding ortho intramolecular Hbond substituents is 1. The number of aromatic hydroxyl groups is 1. The van der Waals surface area contributed by atoms with Gasteiger partial charge in [0, 0.05) is 36.8 Å². The fourth-order valence-corrected chi connectivity index (χ4v) is 4.84. The van der Waals surface area contributed by atoms with Gasteiger partial charge in [-0.05, 0) is 49.9 Å². The van der Waals surface area contributed by atoms with Gasteiger partial charge in [0.1, 0.15) is 11.6 Å². The molecule has 166 valence electrons. The number of para-hydroxylation sites is 1. The number of benzene rings is 2. The Labute approximate surface area is 192 Å². The van der Waals surface area contributed by atoms with E-state index in [1.165, 1.54) is 0 Å². The summed E-state index contributed by atoms with van der Waals surface area (Å²) < 4.78 is 5.75. The van der Waals surface area contributed by atoms with E-state index in [1.54, 1.807) is 18.2 Å². The molecule has 6 nitrogen and oxygen atoms in total. The lowest BCUT2D eigenvalue weighted by atomic mass is 10.0. The predicted molar refractivity (Wildman–Crippen MR) is 128 cm³/mol. The molecule has 0 aliphatic carbocycles. The fraction of sp³-hybridized carbons (Fsp3) is 0.360. The van der Waals surface area contributed by atoms with Crippen LogP contribution in [-0.2, 0) is 4.74 Å². The quantitative estimate of drug-likeness (QED) is 0.575. The number of ether oxygens (including phenoxy) is 1. The zero-order chi connectivity index (χ0) is 22.1. The Balaban J connectivity index is 1.40. The summed E-state index contributed by atoms with van der Waals surface area (Å²) in [6.07, 6.45) is 4.26. The van der Waals surface area contributed by atoms with Gasteiger partial charge in [-0.3, -0.25) is 0 Å². The van der Waals surface area contributed by atoms with Gasteiger partial charge in [0.15, 0.2) is 5.82 Å². The normalized spacial score (nSPS) is 19.4. The van der Waals surface area contributed by atoms with Crippen molar-refractivity contribution < 1.29 is 9.84 Å². The van der Waals surface area contributed by atoms with Crippen molar-refractivity contribution in [2.24, 2.45) is 0 Å². The van der Waals surface area contributed by atoms with Crippen molar-refractivity contribution in [1.82, 2.24) is 15.3 Å². The Bertz CT molecular complexity index is 1120. The van der Waals surface area contributed by atoms with Gasteiger partial charge >= 0.3 is 0 Å².